The van der Waals surface area contributed by atoms with Crippen LogP contribution in [0.3, 0.4) is 0 Å². The lowest BCUT2D eigenvalue weighted by molar-refractivity contribution is 0.285. The predicted octanol–water partition coefficient (Wildman–Crippen LogP) is 4.76. The summed E-state index contributed by atoms with van der Waals surface area (Å²) in [6.45, 7) is 2.39. The number of fused-ring (bicyclic) bond motifs is 6. The van der Waals surface area contributed by atoms with Gasteiger partial charge in [-0.25, -0.2) is 0 Å². The summed E-state index contributed by atoms with van der Waals surface area (Å²) in [5.74, 6) is 1.47. The Morgan fingerprint density at radius 1 is 0.864 bits per heavy atom. The molecule has 0 bridgehead atoms. The summed E-state index contributed by atoms with van der Waals surface area (Å²) in [6, 6.07) is 20.8. The molecule has 4 unspecified atom stereocenters. The maximum Gasteiger partial charge on any atom is 0.0730 e. The molecule has 0 spiro atoms. The summed E-state index contributed by atoms with van der Waals surface area (Å²) in [5, 5.41) is 0. The smallest absolute Gasteiger partial charge is 0.0730 e. The fraction of sp³-hybridized carbons (Fsp3) is 0.238. The molecule has 1 nitrogen and oxygen atoms in total. The quantitative estimate of drug-likeness (QED) is 0.730. The Balaban J connectivity index is 1.60. The first-order chi connectivity index (χ1) is 10.8. The summed E-state index contributed by atoms with van der Waals surface area (Å²) in [6.07, 6.45) is 7.06. The molecular weight excluding hydrogens is 266 g/mol. The minimum atomic E-state index is 0.412. The number of benzene rings is 2. The number of hydrogen-bond acceptors (Lipinski definition) is 1. The first-order valence-electron chi connectivity index (χ1n) is 8.16. The van der Waals surface area contributed by atoms with Crippen LogP contribution in [-0.4, -0.2) is 10.9 Å². The zero-order chi connectivity index (χ0) is 14.7. The molecule has 0 N–H and O–H groups in total. The normalized spacial score (nSPS) is 31.0. The Morgan fingerprint density at radius 3 is 2.41 bits per heavy atom. The van der Waals surface area contributed by atoms with Gasteiger partial charge < -0.3 is 4.90 Å². The van der Waals surface area contributed by atoms with Crippen molar-refractivity contribution in [3.8, 4) is 0 Å². The lowest BCUT2D eigenvalue weighted by Gasteiger charge is -2.37. The molecule has 0 radical (unpaired) electrons. The van der Waals surface area contributed by atoms with Crippen LogP contribution in [-0.2, 0) is 0 Å². The van der Waals surface area contributed by atoms with Crippen LogP contribution >= 0.6 is 0 Å². The maximum atomic E-state index is 2.60. The maximum absolute atomic E-state index is 2.60. The Kier molecular flexibility index (Phi) is 2.43. The van der Waals surface area contributed by atoms with Crippen molar-refractivity contribution in [3.63, 3.8) is 0 Å². The number of rotatable bonds is 1. The minimum absolute atomic E-state index is 0.412. The molecule has 22 heavy (non-hydrogen) atoms. The predicted molar refractivity (Wildman–Crippen MR) is 90.3 cm³/mol. The summed E-state index contributed by atoms with van der Waals surface area (Å²) in [4.78, 5) is 2.60. The first-order valence-corrected chi connectivity index (χ1v) is 8.16. The summed E-state index contributed by atoms with van der Waals surface area (Å²) < 4.78 is 0. The molecule has 0 saturated heterocycles. The summed E-state index contributed by atoms with van der Waals surface area (Å²) >= 11 is 0. The van der Waals surface area contributed by atoms with Gasteiger partial charge in [0, 0.05) is 18.2 Å². The van der Waals surface area contributed by atoms with E-state index in [0.29, 0.717) is 18.0 Å². The van der Waals surface area contributed by atoms with Gasteiger partial charge in [0.2, 0.25) is 0 Å². The van der Waals surface area contributed by atoms with Crippen molar-refractivity contribution < 1.29 is 0 Å². The van der Waals surface area contributed by atoms with Crippen molar-refractivity contribution in [3.05, 3.63) is 89.6 Å². The Morgan fingerprint density at radius 2 is 1.59 bits per heavy atom. The standard InChI is InChI=1S/C21H19N/c1-14-20-18-10-6-5-9-17(18)19-12-11-16(13-22(19)21(14)20)15-7-3-2-4-8-15/h2-14,19-21H,1H3. The highest BCUT2D eigenvalue weighted by molar-refractivity contribution is 5.75. The van der Waals surface area contributed by atoms with Gasteiger partial charge in [-0.3, -0.25) is 0 Å². The van der Waals surface area contributed by atoms with Gasteiger partial charge in [-0.1, -0.05) is 73.7 Å². The minimum Gasteiger partial charge on any atom is -0.362 e. The van der Waals surface area contributed by atoms with Gasteiger partial charge in [-0.05, 0) is 28.2 Å². The number of nitrogens with zero attached hydrogens (tertiary/aromatic N) is 1. The molecule has 108 valence electrons. The average molecular weight is 285 g/mol. The third kappa shape index (κ3) is 1.60. The van der Waals surface area contributed by atoms with Crippen LogP contribution in [0.5, 0.6) is 0 Å². The van der Waals surface area contributed by atoms with Crippen LogP contribution in [0.25, 0.3) is 5.57 Å². The van der Waals surface area contributed by atoms with E-state index < -0.39 is 0 Å². The van der Waals surface area contributed by atoms with E-state index in [1.165, 1.54) is 16.7 Å². The average Bonchev–Trinajstić information content (AvgIpc) is 3.27. The second-order valence-electron chi connectivity index (χ2n) is 6.71. The molecule has 2 heterocycles. The molecule has 5 rings (SSSR count). The SMILES string of the molecule is CC1C2c3ccccc3C3C=CC(c4ccccc4)=CN3C12. The van der Waals surface area contributed by atoms with Crippen LogP contribution in [0.15, 0.2) is 72.9 Å². The van der Waals surface area contributed by atoms with Crippen LogP contribution < -0.4 is 0 Å². The highest BCUT2D eigenvalue weighted by Crippen LogP contribution is 2.59. The molecule has 0 amide bonds. The highest BCUT2D eigenvalue weighted by Gasteiger charge is 2.56. The van der Waals surface area contributed by atoms with Crippen LogP contribution in [0.1, 0.15) is 35.6 Å². The molecule has 1 heteroatoms. The molecule has 1 aliphatic carbocycles. The summed E-state index contributed by atoms with van der Waals surface area (Å²) in [5.41, 5.74) is 5.70. The van der Waals surface area contributed by atoms with Gasteiger partial charge in [-0.2, -0.15) is 0 Å². The third-order valence-corrected chi connectivity index (χ3v) is 5.52. The van der Waals surface area contributed by atoms with E-state index in [1.807, 2.05) is 0 Å². The van der Waals surface area contributed by atoms with Gasteiger partial charge in [0.1, 0.15) is 0 Å². The van der Waals surface area contributed by atoms with E-state index >= 15 is 0 Å². The van der Waals surface area contributed by atoms with Crippen molar-refractivity contribution >= 4 is 5.57 Å². The number of allylic oxidation sites excluding steroid dienone is 2. The zero-order valence-electron chi connectivity index (χ0n) is 12.7. The fourth-order valence-electron chi connectivity index (χ4n) is 4.36. The molecule has 2 aromatic carbocycles. The Labute approximate surface area is 131 Å². The van der Waals surface area contributed by atoms with E-state index in [2.05, 4.69) is 84.8 Å². The molecule has 4 atom stereocenters. The van der Waals surface area contributed by atoms with E-state index in [4.69, 9.17) is 0 Å². The van der Waals surface area contributed by atoms with Crippen molar-refractivity contribution in [1.82, 2.24) is 4.90 Å². The number of hydrogen-bond donors (Lipinski definition) is 0. The van der Waals surface area contributed by atoms with Gasteiger partial charge >= 0.3 is 0 Å². The van der Waals surface area contributed by atoms with Crippen molar-refractivity contribution in [1.29, 1.82) is 0 Å². The van der Waals surface area contributed by atoms with E-state index in [-0.39, 0.29) is 0 Å². The lowest BCUT2D eigenvalue weighted by atomic mass is 9.89. The topological polar surface area (TPSA) is 3.24 Å². The van der Waals surface area contributed by atoms with Crippen molar-refractivity contribution in [2.45, 2.75) is 24.9 Å². The Hall–Kier alpha value is -2.28. The van der Waals surface area contributed by atoms with Gasteiger partial charge in [0.15, 0.2) is 0 Å². The van der Waals surface area contributed by atoms with Crippen LogP contribution in [0, 0.1) is 5.92 Å². The zero-order valence-corrected chi connectivity index (χ0v) is 12.7. The van der Waals surface area contributed by atoms with Crippen LogP contribution in [0.2, 0.25) is 0 Å². The first kappa shape index (κ1) is 12.3. The van der Waals surface area contributed by atoms with E-state index in [0.717, 1.165) is 5.92 Å². The second kappa shape index (κ2) is 4.36. The van der Waals surface area contributed by atoms with Gasteiger partial charge in [0.05, 0.1) is 6.04 Å². The summed E-state index contributed by atoms with van der Waals surface area (Å²) in [7, 11) is 0. The Bertz CT molecular complexity index is 787. The fourth-order valence-corrected chi connectivity index (χ4v) is 4.36. The third-order valence-electron chi connectivity index (χ3n) is 5.52. The van der Waals surface area contributed by atoms with E-state index in [1.54, 1.807) is 5.56 Å². The van der Waals surface area contributed by atoms with Crippen molar-refractivity contribution in [2.24, 2.45) is 5.92 Å². The molecular formula is C21H19N. The van der Waals surface area contributed by atoms with Crippen molar-refractivity contribution in [2.75, 3.05) is 0 Å². The van der Waals surface area contributed by atoms with Gasteiger partial charge in [-0.15, -0.1) is 0 Å². The van der Waals surface area contributed by atoms with Gasteiger partial charge in [0.25, 0.3) is 0 Å². The molecule has 1 fully saturated rings. The molecule has 3 aliphatic rings. The second-order valence-corrected chi connectivity index (χ2v) is 6.71. The molecule has 0 aromatic heterocycles. The largest absolute Gasteiger partial charge is 0.362 e. The van der Waals surface area contributed by atoms with E-state index in [9.17, 15) is 0 Å². The molecule has 1 saturated carbocycles. The monoisotopic (exact) mass is 285 g/mol. The molecule has 2 aliphatic heterocycles. The lowest BCUT2D eigenvalue weighted by Crippen LogP contribution is -2.32. The van der Waals surface area contributed by atoms with Crippen LogP contribution in [0.4, 0.5) is 0 Å². The molecule has 2 aromatic rings. The highest BCUT2D eigenvalue weighted by atomic mass is 15.2.